The molecule has 0 saturated heterocycles. The summed E-state index contributed by atoms with van der Waals surface area (Å²) in [5.41, 5.74) is 9.71. The largest absolute Gasteiger partial charge is 0.435 e. The molecule has 3 heteroatoms. The maximum atomic E-state index is 7.04. The lowest BCUT2D eigenvalue weighted by Crippen LogP contribution is -2.20. The van der Waals surface area contributed by atoms with Gasteiger partial charge in [0.15, 0.2) is 0 Å². The van der Waals surface area contributed by atoms with Gasteiger partial charge in [-0.25, -0.2) is 0 Å². The maximum Gasteiger partial charge on any atom is 0.326 e. The van der Waals surface area contributed by atoms with Gasteiger partial charge in [0, 0.05) is 11.1 Å². The van der Waals surface area contributed by atoms with Crippen molar-refractivity contribution < 1.29 is 9.05 Å². The first kappa shape index (κ1) is 33.7. The minimum absolute atomic E-state index is 0.0398. The summed E-state index contributed by atoms with van der Waals surface area (Å²) in [6.45, 7) is 31.0. The molecule has 3 rings (SSSR count). The van der Waals surface area contributed by atoms with Crippen LogP contribution in [-0.2, 0) is 16.2 Å². The number of rotatable bonds is 7. The van der Waals surface area contributed by atoms with Gasteiger partial charge in [0.05, 0.1) is 5.30 Å². The van der Waals surface area contributed by atoms with Crippen molar-refractivity contribution in [3.63, 3.8) is 0 Å². The summed E-state index contributed by atoms with van der Waals surface area (Å²) in [5, 5.41) is 1.04. The van der Waals surface area contributed by atoms with Crippen LogP contribution in [0.4, 0.5) is 0 Å². The number of hydrogen-bond donors (Lipinski definition) is 0. The van der Waals surface area contributed by atoms with E-state index in [1.54, 1.807) is 0 Å². The van der Waals surface area contributed by atoms with E-state index >= 15 is 0 Å². The quantitative estimate of drug-likeness (QED) is 0.203. The van der Waals surface area contributed by atoms with Gasteiger partial charge < -0.3 is 9.05 Å². The Bertz CT molecular complexity index is 1450. The molecule has 0 aliphatic rings. The first-order chi connectivity index (χ1) is 19.4. The van der Waals surface area contributed by atoms with E-state index in [0.717, 1.165) is 16.8 Å². The van der Waals surface area contributed by atoms with Gasteiger partial charge in [-0.05, 0) is 109 Å². The van der Waals surface area contributed by atoms with Crippen molar-refractivity contribution in [3.8, 4) is 11.5 Å². The van der Waals surface area contributed by atoms with Gasteiger partial charge in [-0.15, -0.1) is 0 Å². The standard InChI is InChI=1S/C39H53O2P/c1-15-17-29(16-2)30-18-20-31(21-19-30)42(40-35-23-27(4)26(3)22-33(35)38(9,10)11)41-36-24-28(5)32(37(6,7)8)25-34(36)39(12,13)14/h15-25H,1-14H3/b17-15-,29-16+. The molecule has 1 unspecified atom stereocenters. The molecule has 42 heavy (non-hydrogen) atoms. The van der Waals surface area contributed by atoms with E-state index in [-0.39, 0.29) is 16.2 Å². The Morgan fingerprint density at radius 3 is 1.50 bits per heavy atom. The molecule has 0 aromatic heterocycles. The van der Waals surface area contributed by atoms with Crippen LogP contribution in [0.25, 0.3) is 5.57 Å². The molecular weight excluding hydrogens is 531 g/mol. The Morgan fingerprint density at radius 2 is 1.05 bits per heavy atom. The van der Waals surface area contributed by atoms with Crippen LogP contribution in [0, 0.1) is 20.8 Å². The van der Waals surface area contributed by atoms with Crippen LogP contribution in [-0.4, -0.2) is 0 Å². The highest BCUT2D eigenvalue weighted by Crippen LogP contribution is 2.47. The summed E-state index contributed by atoms with van der Waals surface area (Å²) >= 11 is 0. The van der Waals surface area contributed by atoms with Crippen molar-refractivity contribution in [1.82, 2.24) is 0 Å². The lowest BCUT2D eigenvalue weighted by molar-refractivity contribution is 0.467. The molecule has 0 heterocycles. The number of hydrogen-bond acceptors (Lipinski definition) is 2. The van der Waals surface area contributed by atoms with Gasteiger partial charge >= 0.3 is 8.38 Å². The first-order valence-electron chi connectivity index (χ1n) is 15.2. The average molecular weight is 585 g/mol. The van der Waals surface area contributed by atoms with Gasteiger partial charge in [-0.2, -0.15) is 0 Å². The number of benzene rings is 3. The van der Waals surface area contributed by atoms with E-state index in [1.807, 2.05) is 0 Å². The van der Waals surface area contributed by atoms with Gasteiger partial charge in [0.2, 0.25) is 0 Å². The molecular formula is C39H53O2P. The van der Waals surface area contributed by atoms with Crippen molar-refractivity contribution in [3.05, 3.63) is 106 Å². The van der Waals surface area contributed by atoms with Crippen LogP contribution in [0.2, 0.25) is 0 Å². The normalized spacial score (nSPS) is 13.9. The summed E-state index contributed by atoms with van der Waals surface area (Å²) in [6, 6.07) is 17.7. The van der Waals surface area contributed by atoms with E-state index in [4.69, 9.17) is 9.05 Å². The molecule has 3 aromatic carbocycles. The monoisotopic (exact) mass is 584 g/mol. The highest BCUT2D eigenvalue weighted by Gasteiger charge is 2.30. The molecule has 0 aliphatic heterocycles. The Labute approximate surface area is 258 Å². The summed E-state index contributed by atoms with van der Waals surface area (Å²) < 4.78 is 14.0. The van der Waals surface area contributed by atoms with Crippen molar-refractivity contribution in [2.24, 2.45) is 0 Å². The molecule has 0 saturated carbocycles. The Hall–Kier alpha value is -2.83. The summed E-state index contributed by atoms with van der Waals surface area (Å²) in [6.07, 6.45) is 6.36. The fraction of sp³-hybridized carbons (Fsp3) is 0.436. The highest BCUT2D eigenvalue weighted by atomic mass is 31.2. The minimum atomic E-state index is -1.49. The molecule has 3 aromatic rings. The fourth-order valence-corrected chi connectivity index (χ4v) is 6.52. The van der Waals surface area contributed by atoms with Gasteiger partial charge in [-0.1, -0.05) is 105 Å². The maximum absolute atomic E-state index is 7.04. The number of aryl methyl sites for hydroxylation is 3. The molecule has 0 radical (unpaired) electrons. The van der Waals surface area contributed by atoms with Crippen molar-refractivity contribution in [1.29, 1.82) is 0 Å². The predicted octanol–water partition coefficient (Wildman–Crippen LogP) is 11.6. The second kappa shape index (κ2) is 12.8. The van der Waals surface area contributed by atoms with E-state index in [9.17, 15) is 0 Å². The summed E-state index contributed by atoms with van der Waals surface area (Å²) in [5.74, 6) is 1.79. The predicted molar refractivity (Wildman–Crippen MR) is 186 cm³/mol. The van der Waals surface area contributed by atoms with E-state index < -0.39 is 8.38 Å². The molecule has 0 aliphatic carbocycles. The van der Waals surface area contributed by atoms with Crippen LogP contribution in [0.1, 0.15) is 115 Å². The van der Waals surface area contributed by atoms with Gasteiger partial charge in [0.25, 0.3) is 0 Å². The van der Waals surface area contributed by atoms with Crippen molar-refractivity contribution in [2.45, 2.75) is 113 Å². The second-order valence-corrected chi connectivity index (χ2v) is 16.0. The zero-order chi connectivity index (χ0) is 31.6. The van der Waals surface area contributed by atoms with E-state index in [0.29, 0.717) is 0 Å². The van der Waals surface area contributed by atoms with Crippen LogP contribution in [0.15, 0.2) is 66.8 Å². The molecule has 0 spiro atoms. The third-order valence-electron chi connectivity index (χ3n) is 7.78. The topological polar surface area (TPSA) is 18.5 Å². The number of allylic oxidation sites excluding steroid dienone is 4. The third kappa shape index (κ3) is 7.96. The first-order valence-corrected chi connectivity index (χ1v) is 16.4. The van der Waals surface area contributed by atoms with Crippen LogP contribution < -0.4 is 14.4 Å². The molecule has 2 nitrogen and oxygen atoms in total. The van der Waals surface area contributed by atoms with Crippen molar-refractivity contribution in [2.75, 3.05) is 0 Å². The molecule has 0 fully saturated rings. The molecule has 226 valence electrons. The molecule has 0 N–H and O–H groups in total. The molecule has 0 bridgehead atoms. The second-order valence-electron chi connectivity index (χ2n) is 14.6. The lowest BCUT2D eigenvalue weighted by Gasteiger charge is -2.31. The Balaban J connectivity index is 2.22. The van der Waals surface area contributed by atoms with Gasteiger partial charge in [0.1, 0.15) is 11.5 Å². The molecule has 1 atom stereocenters. The van der Waals surface area contributed by atoms with Crippen LogP contribution in [0.3, 0.4) is 0 Å². The summed E-state index contributed by atoms with van der Waals surface area (Å²) in [4.78, 5) is 0. The van der Waals surface area contributed by atoms with Crippen LogP contribution in [0.5, 0.6) is 11.5 Å². The fourth-order valence-electron chi connectivity index (χ4n) is 5.22. The van der Waals surface area contributed by atoms with E-state index in [1.165, 1.54) is 44.5 Å². The zero-order valence-corrected chi connectivity index (χ0v) is 29.5. The third-order valence-corrected chi connectivity index (χ3v) is 9.22. The Morgan fingerprint density at radius 1 is 0.595 bits per heavy atom. The SMILES string of the molecule is C/C=C\C(=C/C)c1ccc(P(Oc2cc(C)c(C)cc2C(C)(C)C)Oc2cc(C)c(C(C)(C)C)cc2C(C)(C)C)cc1. The lowest BCUT2D eigenvalue weighted by atomic mass is 9.78. The average Bonchev–Trinajstić information content (AvgIpc) is 2.87. The van der Waals surface area contributed by atoms with Crippen molar-refractivity contribution >= 4 is 19.3 Å². The minimum Gasteiger partial charge on any atom is -0.435 e. The van der Waals surface area contributed by atoms with Crippen LogP contribution >= 0.6 is 8.38 Å². The molecule has 0 amide bonds. The highest BCUT2D eigenvalue weighted by molar-refractivity contribution is 7.56. The Kier molecular flexibility index (Phi) is 10.3. The van der Waals surface area contributed by atoms with E-state index in [2.05, 4.69) is 164 Å². The van der Waals surface area contributed by atoms with Gasteiger partial charge in [-0.3, -0.25) is 0 Å². The summed E-state index contributed by atoms with van der Waals surface area (Å²) in [7, 11) is -1.49. The zero-order valence-electron chi connectivity index (χ0n) is 28.6. The smallest absolute Gasteiger partial charge is 0.326 e.